The average Bonchev–Trinajstić information content (AvgIpc) is 3.06. The largest absolute Gasteiger partial charge is 0.460 e. The van der Waals surface area contributed by atoms with E-state index < -0.39 is 52.3 Å². The van der Waals surface area contributed by atoms with E-state index in [2.05, 4.69) is 15.9 Å². The van der Waals surface area contributed by atoms with Gasteiger partial charge in [-0.2, -0.15) is 0 Å². The average molecular weight is 597 g/mol. The third kappa shape index (κ3) is 4.95. The number of allylic oxidation sites excluding steroid dienone is 2. The van der Waals surface area contributed by atoms with Crippen molar-refractivity contribution in [2.24, 2.45) is 11.8 Å². The van der Waals surface area contributed by atoms with E-state index in [0.29, 0.717) is 26.9 Å². The Labute approximate surface area is 237 Å². The van der Waals surface area contributed by atoms with Crippen LogP contribution in [0, 0.1) is 11.8 Å². The van der Waals surface area contributed by atoms with Crippen LogP contribution in [-0.2, 0) is 29.3 Å². The summed E-state index contributed by atoms with van der Waals surface area (Å²) in [5, 5.41) is 0. The molecule has 0 saturated carbocycles. The lowest BCUT2D eigenvalue weighted by Crippen LogP contribution is -2.58. The molecule has 2 aromatic rings. The number of nitrogens with zero attached hydrogens (tertiary/aromatic N) is 1. The lowest BCUT2D eigenvalue weighted by Gasteiger charge is -2.47. The van der Waals surface area contributed by atoms with E-state index in [1.165, 1.54) is 0 Å². The Kier molecular flexibility index (Phi) is 7.40. The summed E-state index contributed by atoms with van der Waals surface area (Å²) >= 11 is 3.61. The van der Waals surface area contributed by atoms with Crippen molar-refractivity contribution in [3.05, 3.63) is 75.8 Å². The molecular weight excluding hydrogens is 562 g/mol. The molecule has 39 heavy (non-hydrogen) atoms. The molecule has 0 aromatic heterocycles. The van der Waals surface area contributed by atoms with Crippen LogP contribution in [0.4, 0.5) is 10.5 Å². The van der Waals surface area contributed by atoms with Gasteiger partial charge in [-0.1, -0.05) is 65.3 Å². The molecule has 8 heteroatoms. The normalized spacial score (nSPS) is 24.7. The summed E-state index contributed by atoms with van der Waals surface area (Å²) < 4.78 is 12.2. The SMILES string of the molecule is C[C@H]1C=C(C=O)[C@@H](c2ccccc2Br)[C@]2(C(=O)N(C(=O)OC(C)(C)C)c3ccccc32)[C@@H]1C(=O)OC(C)(C)C. The molecule has 1 aliphatic carbocycles. The number of carbonyl (C=O) groups is 4. The fourth-order valence-electron chi connectivity index (χ4n) is 5.86. The Hall–Kier alpha value is -3.26. The Balaban J connectivity index is 2.10. The Morgan fingerprint density at radius 1 is 0.949 bits per heavy atom. The minimum atomic E-state index is -1.66. The van der Waals surface area contributed by atoms with Gasteiger partial charge < -0.3 is 9.47 Å². The summed E-state index contributed by atoms with van der Waals surface area (Å²) in [5.41, 5.74) is -1.58. The molecule has 1 aliphatic heterocycles. The fourth-order valence-corrected chi connectivity index (χ4v) is 6.37. The number of hydrogen-bond donors (Lipinski definition) is 0. The zero-order valence-electron chi connectivity index (χ0n) is 23.3. The van der Waals surface area contributed by atoms with Crippen molar-refractivity contribution in [1.29, 1.82) is 0 Å². The molecule has 7 nitrogen and oxygen atoms in total. The zero-order valence-corrected chi connectivity index (χ0v) is 24.9. The number of esters is 1. The molecule has 0 fully saturated rings. The molecule has 1 heterocycles. The van der Waals surface area contributed by atoms with Crippen LogP contribution in [0.15, 0.2) is 64.7 Å². The second-order valence-electron chi connectivity index (χ2n) is 12.1. The maximum atomic E-state index is 14.9. The van der Waals surface area contributed by atoms with Crippen LogP contribution >= 0.6 is 15.9 Å². The first-order valence-electron chi connectivity index (χ1n) is 12.9. The highest BCUT2D eigenvalue weighted by atomic mass is 79.9. The van der Waals surface area contributed by atoms with E-state index in [0.717, 1.165) is 11.2 Å². The van der Waals surface area contributed by atoms with E-state index in [-0.39, 0.29) is 0 Å². The molecule has 0 N–H and O–H groups in total. The fraction of sp³-hybridized carbons (Fsp3) is 0.419. The third-order valence-electron chi connectivity index (χ3n) is 7.00. The number of para-hydroxylation sites is 1. The molecule has 2 aliphatic rings. The van der Waals surface area contributed by atoms with Gasteiger partial charge in [-0.05, 0) is 76.3 Å². The first-order valence-corrected chi connectivity index (χ1v) is 13.7. The molecule has 0 bridgehead atoms. The molecule has 0 unspecified atom stereocenters. The number of aldehydes is 1. The number of fused-ring (bicyclic) bond motifs is 2. The van der Waals surface area contributed by atoms with Gasteiger partial charge in [-0.25, -0.2) is 9.69 Å². The molecular formula is C31H34BrNO6. The highest BCUT2D eigenvalue weighted by molar-refractivity contribution is 9.10. The van der Waals surface area contributed by atoms with Crippen molar-refractivity contribution in [1.82, 2.24) is 0 Å². The minimum Gasteiger partial charge on any atom is -0.460 e. The van der Waals surface area contributed by atoms with Crippen molar-refractivity contribution in [3.8, 4) is 0 Å². The summed E-state index contributed by atoms with van der Waals surface area (Å²) in [5.74, 6) is -3.70. The van der Waals surface area contributed by atoms with E-state index in [4.69, 9.17) is 9.47 Å². The van der Waals surface area contributed by atoms with Crippen LogP contribution in [-0.4, -0.2) is 35.5 Å². The highest BCUT2D eigenvalue weighted by Gasteiger charge is 2.67. The van der Waals surface area contributed by atoms with Gasteiger partial charge in [-0.15, -0.1) is 0 Å². The van der Waals surface area contributed by atoms with Gasteiger partial charge in [0.2, 0.25) is 5.91 Å². The standard InChI is InChI=1S/C31H34BrNO6/c1-18-16-19(17-34)25(20-12-8-10-14-22(20)32)31(24(18)26(35)38-29(2,3)4)21-13-9-11-15-23(21)33(27(31)36)28(37)39-30(5,6)7/h8-18,24-25H,1-7H3/t18-,24-,25-,31+/m0/s1. The van der Waals surface area contributed by atoms with Crippen LogP contribution in [0.2, 0.25) is 0 Å². The second kappa shape index (κ2) is 10.0. The van der Waals surface area contributed by atoms with Crippen molar-refractivity contribution in [3.63, 3.8) is 0 Å². The number of amides is 2. The van der Waals surface area contributed by atoms with Crippen LogP contribution < -0.4 is 4.90 Å². The topological polar surface area (TPSA) is 90.0 Å². The number of carbonyl (C=O) groups excluding carboxylic acids is 4. The van der Waals surface area contributed by atoms with Gasteiger partial charge in [0.15, 0.2) is 0 Å². The van der Waals surface area contributed by atoms with Crippen molar-refractivity contribution in [2.75, 3.05) is 4.90 Å². The third-order valence-corrected chi connectivity index (χ3v) is 7.72. The van der Waals surface area contributed by atoms with Gasteiger partial charge in [0.25, 0.3) is 0 Å². The van der Waals surface area contributed by atoms with Crippen molar-refractivity contribution >= 4 is 45.9 Å². The van der Waals surface area contributed by atoms with Crippen LogP contribution in [0.5, 0.6) is 0 Å². The first kappa shape index (κ1) is 28.7. The number of anilines is 1. The predicted octanol–water partition coefficient (Wildman–Crippen LogP) is 6.49. The molecule has 0 radical (unpaired) electrons. The smallest absolute Gasteiger partial charge is 0.421 e. The lowest BCUT2D eigenvalue weighted by molar-refractivity contribution is -0.167. The summed E-state index contributed by atoms with van der Waals surface area (Å²) in [6, 6.07) is 14.2. The summed E-state index contributed by atoms with van der Waals surface area (Å²) in [4.78, 5) is 56.2. The summed E-state index contributed by atoms with van der Waals surface area (Å²) in [6.07, 6.45) is 1.63. The molecule has 2 amide bonds. The molecule has 2 aromatic carbocycles. The van der Waals surface area contributed by atoms with Gasteiger partial charge in [0.05, 0.1) is 11.6 Å². The quantitative estimate of drug-likeness (QED) is 0.298. The number of benzene rings is 2. The van der Waals surface area contributed by atoms with Crippen LogP contribution in [0.3, 0.4) is 0 Å². The monoisotopic (exact) mass is 595 g/mol. The molecule has 4 rings (SSSR count). The van der Waals surface area contributed by atoms with Gasteiger partial charge in [0, 0.05) is 10.4 Å². The molecule has 1 spiro atoms. The Morgan fingerprint density at radius 3 is 2.13 bits per heavy atom. The maximum Gasteiger partial charge on any atom is 0.421 e. The summed E-state index contributed by atoms with van der Waals surface area (Å²) in [7, 11) is 0. The Bertz CT molecular complexity index is 1370. The van der Waals surface area contributed by atoms with Crippen LogP contribution in [0.1, 0.15) is 65.5 Å². The maximum absolute atomic E-state index is 14.9. The predicted molar refractivity (Wildman–Crippen MR) is 151 cm³/mol. The van der Waals surface area contributed by atoms with Gasteiger partial charge in [0.1, 0.15) is 22.9 Å². The summed E-state index contributed by atoms with van der Waals surface area (Å²) in [6.45, 7) is 12.2. The zero-order chi connectivity index (χ0) is 28.9. The van der Waals surface area contributed by atoms with Gasteiger partial charge >= 0.3 is 12.1 Å². The second-order valence-corrected chi connectivity index (χ2v) is 13.0. The minimum absolute atomic E-state index is 0.321. The van der Waals surface area contributed by atoms with E-state index in [9.17, 15) is 19.2 Å². The van der Waals surface area contributed by atoms with Crippen LogP contribution in [0.25, 0.3) is 0 Å². The first-order chi connectivity index (χ1) is 18.1. The number of halogens is 1. The van der Waals surface area contributed by atoms with Crippen molar-refractivity contribution in [2.45, 2.75) is 71.0 Å². The molecule has 206 valence electrons. The van der Waals surface area contributed by atoms with Gasteiger partial charge in [-0.3, -0.25) is 14.4 Å². The number of ether oxygens (including phenoxy) is 2. The van der Waals surface area contributed by atoms with E-state index in [1.807, 2.05) is 24.3 Å². The van der Waals surface area contributed by atoms with E-state index in [1.54, 1.807) is 78.8 Å². The number of hydrogen-bond acceptors (Lipinski definition) is 6. The van der Waals surface area contributed by atoms with E-state index >= 15 is 0 Å². The Morgan fingerprint density at radius 2 is 1.54 bits per heavy atom. The van der Waals surface area contributed by atoms with Crippen molar-refractivity contribution < 1.29 is 28.7 Å². The molecule has 4 atom stereocenters. The highest BCUT2D eigenvalue weighted by Crippen LogP contribution is 2.61. The number of imide groups is 1. The molecule has 0 saturated heterocycles. The lowest BCUT2D eigenvalue weighted by atomic mass is 9.53. The number of rotatable bonds is 3.